The Balaban J connectivity index is 1.94. The van der Waals surface area contributed by atoms with Crippen molar-refractivity contribution in [3.8, 4) is 29.1 Å². The first kappa shape index (κ1) is 22.2. The normalized spacial score (nSPS) is 11.1. The van der Waals surface area contributed by atoms with Gasteiger partial charge in [-0.3, -0.25) is 4.79 Å². The van der Waals surface area contributed by atoms with E-state index >= 15 is 0 Å². The van der Waals surface area contributed by atoms with Crippen LogP contribution in [0.5, 0.6) is 23.0 Å². The van der Waals surface area contributed by atoms with E-state index in [9.17, 15) is 10.1 Å². The number of hydrogen-bond acceptors (Lipinski definition) is 6. The Morgan fingerprint density at radius 3 is 2.24 bits per heavy atom. The monoisotopic (exact) mass is 418 g/mol. The maximum absolute atomic E-state index is 12.3. The number of nitrogens with one attached hydrogen (secondary N) is 1. The van der Waals surface area contributed by atoms with E-state index in [4.69, 9.17) is 30.5 Å². The summed E-state index contributed by atoms with van der Waals surface area (Å²) in [5, 5.41) is 12.8. The molecule has 1 unspecified atom stereocenters. The van der Waals surface area contributed by atoms with Crippen molar-refractivity contribution in [3.05, 3.63) is 47.0 Å². The molecule has 1 atom stereocenters. The van der Waals surface area contributed by atoms with Gasteiger partial charge in [0.05, 0.1) is 34.0 Å². The number of ether oxygens (including phenoxy) is 4. The van der Waals surface area contributed by atoms with E-state index < -0.39 is 6.04 Å². The molecule has 2 rings (SSSR count). The molecule has 154 valence electrons. The van der Waals surface area contributed by atoms with Gasteiger partial charge < -0.3 is 24.3 Å². The summed E-state index contributed by atoms with van der Waals surface area (Å²) in [5.41, 5.74) is 0.535. The number of halogens is 1. The van der Waals surface area contributed by atoms with Crippen LogP contribution in [0.2, 0.25) is 5.02 Å². The first-order valence-electron chi connectivity index (χ1n) is 8.89. The number of hydrogen-bond donors (Lipinski definition) is 1. The number of carbonyl (C=O) groups is 1. The number of rotatable bonds is 10. The number of benzene rings is 2. The molecule has 0 aromatic heterocycles. The number of nitriles is 1. The highest BCUT2D eigenvalue weighted by atomic mass is 35.5. The Hall–Kier alpha value is -3.11. The van der Waals surface area contributed by atoms with Crippen LogP contribution in [0.25, 0.3) is 0 Å². The zero-order valence-corrected chi connectivity index (χ0v) is 17.3. The molecule has 2 aromatic carbocycles. The summed E-state index contributed by atoms with van der Waals surface area (Å²) < 4.78 is 21.4. The summed E-state index contributed by atoms with van der Waals surface area (Å²) in [6.45, 7) is 0.371. The van der Waals surface area contributed by atoms with Crippen molar-refractivity contribution in [1.29, 1.82) is 5.26 Å². The largest absolute Gasteiger partial charge is 0.494 e. The second-order valence-corrected chi connectivity index (χ2v) is 6.43. The van der Waals surface area contributed by atoms with Gasteiger partial charge in [0.15, 0.2) is 11.5 Å². The molecule has 0 heterocycles. The molecule has 0 aliphatic carbocycles. The lowest BCUT2D eigenvalue weighted by atomic mass is 10.1. The van der Waals surface area contributed by atoms with Crippen molar-refractivity contribution >= 4 is 17.5 Å². The van der Waals surface area contributed by atoms with E-state index in [1.807, 2.05) is 0 Å². The fraction of sp³-hybridized carbons (Fsp3) is 0.333. The minimum Gasteiger partial charge on any atom is -0.494 e. The summed E-state index contributed by atoms with van der Waals surface area (Å²) in [6, 6.07) is 11.5. The average Bonchev–Trinajstić information content (AvgIpc) is 2.75. The van der Waals surface area contributed by atoms with E-state index in [0.717, 1.165) is 0 Å². The molecule has 0 fully saturated rings. The third-order valence-corrected chi connectivity index (χ3v) is 4.34. The Labute approximate surface area is 175 Å². The number of amides is 1. The van der Waals surface area contributed by atoms with Crippen molar-refractivity contribution < 1.29 is 23.7 Å². The number of carbonyl (C=O) groups excluding carboxylic acids is 1. The van der Waals surface area contributed by atoms with Crippen molar-refractivity contribution in [2.45, 2.75) is 18.9 Å². The zero-order valence-electron chi connectivity index (χ0n) is 16.5. The topological polar surface area (TPSA) is 89.8 Å². The Morgan fingerprint density at radius 1 is 1.10 bits per heavy atom. The molecule has 1 amide bonds. The lowest BCUT2D eigenvalue weighted by Gasteiger charge is -2.17. The van der Waals surface area contributed by atoms with Crippen LogP contribution in [0.3, 0.4) is 0 Å². The molecule has 8 heteroatoms. The van der Waals surface area contributed by atoms with Crippen LogP contribution in [-0.2, 0) is 4.79 Å². The van der Waals surface area contributed by atoms with Crippen molar-refractivity contribution in [1.82, 2.24) is 5.32 Å². The van der Waals surface area contributed by atoms with Gasteiger partial charge in [-0.25, -0.2) is 0 Å². The van der Waals surface area contributed by atoms with E-state index in [1.165, 1.54) is 21.3 Å². The minimum atomic E-state index is -0.853. The van der Waals surface area contributed by atoms with Gasteiger partial charge in [0.1, 0.15) is 11.8 Å². The van der Waals surface area contributed by atoms with E-state index in [1.54, 1.807) is 36.4 Å². The maximum Gasteiger partial charge on any atom is 0.221 e. The molecule has 0 saturated heterocycles. The second kappa shape index (κ2) is 11.0. The van der Waals surface area contributed by atoms with Crippen molar-refractivity contribution in [2.75, 3.05) is 27.9 Å². The van der Waals surface area contributed by atoms with Crippen molar-refractivity contribution in [3.63, 3.8) is 0 Å². The smallest absolute Gasteiger partial charge is 0.221 e. The third-order valence-electron chi connectivity index (χ3n) is 4.09. The van der Waals surface area contributed by atoms with Crippen LogP contribution in [0.4, 0.5) is 0 Å². The lowest BCUT2D eigenvalue weighted by Crippen LogP contribution is -2.27. The summed E-state index contributed by atoms with van der Waals surface area (Å²) >= 11 is 5.82. The zero-order chi connectivity index (χ0) is 21.2. The highest BCUT2D eigenvalue weighted by Crippen LogP contribution is 2.39. The third kappa shape index (κ3) is 6.19. The highest BCUT2D eigenvalue weighted by Gasteiger charge is 2.20. The van der Waals surface area contributed by atoms with Gasteiger partial charge in [0.2, 0.25) is 11.7 Å². The first-order chi connectivity index (χ1) is 14.0. The lowest BCUT2D eigenvalue weighted by molar-refractivity contribution is -0.121. The van der Waals surface area contributed by atoms with Crippen LogP contribution in [-0.4, -0.2) is 33.8 Å². The van der Waals surface area contributed by atoms with E-state index in [2.05, 4.69) is 11.4 Å². The maximum atomic E-state index is 12.3. The van der Waals surface area contributed by atoms with Crippen LogP contribution < -0.4 is 24.3 Å². The van der Waals surface area contributed by atoms with Gasteiger partial charge in [-0.1, -0.05) is 11.6 Å². The molecule has 0 aliphatic heterocycles. The number of nitrogens with zero attached hydrogens (tertiary/aromatic N) is 1. The van der Waals surface area contributed by atoms with Crippen LogP contribution in [0, 0.1) is 11.3 Å². The molecule has 0 aliphatic rings. The predicted octanol–water partition coefficient (Wildman–Crippen LogP) is 3.91. The molecule has 7 nitrogen and oxygen atoms in total. The average molecular weight is 419 g/mol. The Bertz CT molecular complexity index is 839. The summed E-state index contributed by atoms with van der Waals surface area (Å²) in [4.78, 5) is 12.3. The second-order valence-electron chi connectivity index (χ2n) is 5.99. The Morgan fingerprint density at radius 2 is 1.72 bits per heavy atom. The van der Waals surface area contributed by atoms with Gasteiger partial charge in [-0.05, 0) is 48.4 Å². The fourth-order valence-electron chi connectivity index (χ4n) is 2.64. The summed E-state index contributed by atoms with van der Waals surface area (Å²) in [5.74, 6) is 1.66. The van der Waals surface area contributed by atoms with Crippen molar-refractivity contribution in [2.24, 2.45) is 0 Å². The van der Waals surface area contributed by atoms with Gasteiger partial charge in [-0.15, -0.1) is 0 Å². The van der Waals surface area contributed by atoms with Gasteiger partial charge in [0, 0.05) is 11.4 Å². The Kier molecular flexibility index (Phi) is 8.44. The standard InChI is InChI=1S/C21H23ClN2O5/c1-26-18-11-14(12-19(27-2)21(18)28-3)17(13-23)24-20(25)5-4-10-29-16-8-6-15(22)7-9-16/h6-9,11-12,17H,4-5,10H2,1-3H3,(H,24,25). The molecule has 0 radical (unpaired) electrons. The molecule has 2 aromatic rings. The highest BCUT2D eigenvalue weighted by molar-refractivity contribution is 6.30. The van der Waals surface area contributed by atoms with Crippen LogP contribution in [0.1, 0.15) is 24.4 Å². The molecule has 29 heavy (non-hydrogen) atoms. The van der Waals surface area contributed by atoms with E-state index in [0.29, 0.717) is 46.6 Å². The predicted molar refractivity (Wildman–Crippen MR) is 109 cm³/mol. The van der Waals surface area contributed by atoms with Crippen LogP contribution >= 0.6 is 11.6 Å². The minimum absolute atomic E-state index is 0.218. The quantitative estimate of drug-likeness (QED) is 0.588. The molecule has 0 saturated carbocycles. The fourth-order valence-corrected chi connectivity index (χ4v) is 2.77. The van der Waals surface area contributed by atoms with Crippen LogP contribution in [0.15, 0.2) is 36.4 Å². The van der Waals surface area contributed by atoms with E-state index in [-0.39, 0.29) is 12.3 Å². The number of methoxy groups -OCH3 is 3. The summed E-state index contributed by atoms with van der Waals surface area (Å²) in [7, 11) is 4.47. The first-order valence-corrected chi connectivity index (χ1v) is 9.27. The molecule has 0 bridgehead atoms. The molecular formula is C21H23ClN2O5. The molecular weight excluding hydrogens is 396 g/mol. The SMILES string of the molecule is COc1cc(C(C#N)NC(=O)CCCOc2ccc(Cl)cc2)cc(OC)c1OC. The van der Waals surface area contributed by atoms with Gasteiger partial charge in [0.25, 0.3) is 0 Å². The molecule has 1 N–H and O–H groups in total. The van der Waals surface area contributed by atoms with Gasteiger partial charge in [-0.2, -0.15) is 5.26 Å². The van der Waals surface area contributed by atoms with Gasteiger partial charge >= 0.3 is 0 Å². The summed E-state index contributed by atoms with van der Waals surface area (Å²) in [6.07, 6.45) is 0.720. The molecule has 0 spiro atoms.